The highest BCUT2D eigenvalue weighted by atomic mass is 19.1. The predicted octanol–water partition coefficient (Wildman–Crippen LogP) is 5.39. The molecular weight excluding hydrogens is 437 g/mol. The minimum atomic E-state index is -0.457. The summed E-state index contributed by atoms with van der Waals surface area (Å²) in [5.41, 5.74) is 1.44. The monoisotopic (exact) mass is 465 g/mol. The zero-order valence-electron chi connectivity index (χ0n) is 19.4. The molecule has 178 valence electrons. The van der Waals surface area contributed by atoms with Crippen LogP contribution in [0.4, 0.5) is 15.9 Å². The Labute approximate surface area is 198 Å². The van der Waals surface area contributed by atoms with Crippen molar-refractivity contribution in [1.82, 2.24) is 9.97 Å². The van der Waals surface area contributed by atoms with Crippen molar-refractivity contribution in [1.29, 1.82) is 0 Å². The number of terminal acetylenes is 1. The zero-order chi connectivity index (χ0) is 24.3. The van der Waals surface area contributed by atoms with Gasteiger partial charge in [-0.05, 0) is 44.0 Å². The Hall–Kier alpha value is -3.86. The van der Waals surface area contributed by atoms with Crippen LogP contribution in [-0.4, -0.2) is 36.3 Å². The Balaban J connectivity index is 1.67. The highest BCUT2D eigenvalue weighted by Crippen LogP contribution is 2.35. The molecule has 1 heterocycles. The molecule has 1 N–H and O–H groups in total. The van der Waals surface area contributed by atoms with Crippen molar-refractivity contribution in [2.75, 3.05) is 25.6 Å². The first-order valence-corrected chi connectivity index (χ1v) is 11.2. The molecule has 0 aliphatic rings. The summed E-state index contributed by atoms with van der Waals surface area (Å²) in [5.74, 6) is 3.39. The normalized spacial score (nSPS) is 10.5. The summed E-state index contributed by atoms with van der Waals surface area (Å²) < 4.78 is 30.1. The molecule has 3 aromatic rings. The van der Waals surface area contributed by atoms with Crippen molar-refractivity contribution in [3.05, 3.63) is 48.0 Å². The summed E-state index contributed by atoms with van der Waals surface area (Å²) in [6.07, 6.45) is 10.8. The van der Waals surface area contributed by atoms with Crippen LogP contribution in [0, 0.1) is 18.2 Å². The van der Waals surface area contributed by atoms with Gasteiger partial charge in [-0.15, -0.1) is 6.42 Å². The van der Waals surface area contributed by atoms with Gasteiger partial charge in [0.25, 0.3) is 0 Å². The van der Waals surface area contributed by atoms with Gasteiger partial charge < -0.3 is 19.5 Å². The van der Waals surface area contributed by atoms with Gasteiger partial charge in [-0.25, -0.2) is 14.4 Å². The lowest BCUT2D eigenvalue weighted by Gasteiger charge is -2.14. The van der Waals surface area contributed by atoms with Crippen LogP contribution in [-0.2, 0) is 9.53 Å². The smallest absolute Gasteiger partial charge is 0.305 e. The minimum Gasteiger partial charge on any atom is -0.493 e. The molecule has 0 atom stereocenters. The number of ether oxygens (including phenoxy) is 3. The summed E-state index contributed by atoms with van der Waals surface area (Å²) in [5, 5.41) is 3.90. The number of esters is 1. The summed E-state index contributed by atoms with van der Waals surface area (Å²) in [4.78, 5) is 20.0. The molecule has 0 amide bonds. The van der Waals surface area contributed by atoms with E-state index in [1.165, 1.54) is 12.4 Å². The first kappa shape index (κ1) is 24.8. The lowest BCUT2D eigenvalue weighted by molar-refractivity contribution is -0.143. The van der Waals surface area contributed by atoms with Crippen LogP contribution in [0.3, 0.4) is 0 Å². The standard InChI is InChI=1S/C26H28FN3O4/c1-4-18-14-19(11-12-21(18)27)30-26-20-15-24(23(32-3)16-22(20)28-17-29-26)34-13-9-7-6-8-10-25(31)33-5-2/h1,11-12,14-17H,5-10,13H2,2-3H3,(H,28,29,30). The van der Waals surface area contributed by atoms with Crippen LogP contribution in [0.5, 0.6) is 11.5 Å². The van der Waals surface area contributed by atoms with Gasteiger partial charge in [-0.3, -0.25) is 4.79 Å². The Bertz CT molecular complexity index is 1180. The van der Waals surface area contributed by atoms with Gasteiger partial charge in [0.1, 0.15) is 18.0 Å². The van der Waals surface area contributed by atoms with Crippen molar-refractivity contribution < 1.29 is 23.4 Å². The fraction of sp³-hybridized carbons (Fsp3) is 0.346. The third kappa shape index (κ3) is 6.58. The number of halogens is 1. The maximum absolute atomic E-state index is 13.7. The molecule has 0 aliphatic carbocycles. The van der Waals surface area contributed by atoms with Gasteiger partial charge in [0.15, 0.2) is 11.5 Å². The summed E-state index contributed by atoms with van der Waals surface area (Å²) in [7, 11) is 1.57. The second-order valence-electron chi connectivity index (χ2n) is 7.52. The number of nitrogens with zero attached hydrogens (tertiary/aromatic N) is 2. The Morgan fingerprint density at radius 1 is 1.12 bits per heavy atom. The summed E-state index contributed by atoms with van der Waals surface area (Å²) in [6, 6.07) is 8.06. The number of hydrogen-bond acceptors (Lipinski definition) is 7. The Morgan fingerprint density at radius 2 is 1.94 bits per heavy atom. The average Bonchev–Trinajstić information content (AvgIpc) is 2.84. The maximum Gasteiger partial charge on any atom is 0.305 e. The third-order valence-electron chi connectivity index (χ3n) is 5.14. The molecule has 1 aromatic heterocycles. The van der Waals surface area contributed by atoms with Crippen molar-refractivity contribution in [2.45, 2.75) is 39.0 Å². The molecule has 34 heavy (non-hydrogen) atoms. The number of aromatic nitrogens is 2. The molecule has 2 aromatic carbocycles. The van der Waals surface area contributed by atoms with Crippen LogP contribution in [0.25, 0.3) is 10.9 Å². The van der Waals surface area contributed by atoms with E-state index in [0.29, 0.717) is 48.2 Å². The molecular formula is C26H28FN3O4. The number of hydrogen-bond donors (Lipinski definition) is 1. The Kier molecular flexibility index (Phi) is 9.04. The number of anilines is 2. The van der Waals surface area contributed by atoms with Crippen LogP contribution in [0.1, 0.15) is 44.6 Å². The number of carbonyl (C=O) groups is 1. The summed E-state index contributed by atoms with van der Waals surface area (Å²) >= 11 is 0. The molecule has 0 spiro atoms. The first-order chi connectivity index (χ1) is 16.5. The van der Waals surface area contributed by atoms with Gasteiger partial charge in [0, 0.05) is 23.6 Å². The fourth-order valence-electron chi connectivity index (χ4n) is 3.43. The number of benzene rings is 2. The highest BCUT2D eigenvalue weighted by molar-refractivity contribution is 5.93. The number of methoxy groups -OCH3 is 1. The maximum atomic E-state index is 13.7. The van der Waals surface area contributed by atoms with Crippen molar-refractivity contribution >= 4 is 28.4 Å². The van der Waals surface area contributed by atoms with Gasteiger partial charge >= 0.3 is 5.97 Å². The average molecular weight is 466 g/mol. The second kappa shape index (κ2) is 12.4. The number of carbonyl (C=O) groups excluding carboxylic acids is 1. The largest absolute Gasteiger partial charge is 0.493 e. The lowest BCUT2D eigenvalue weighted by Crippen LogP contribution is -2.04. The summed E-state index contributed by atoms with van der Waals surface area (Å²) in [6.45, 7) is 2.72. The SMILES string of the molecule is C#Cc1cc(Nc2ncnc3cc(OC)c(OCCCCCCC(=O)OCC)cc23)ccc1F. The number of fused-ring (bicyclic) bond motifs is 1. The number of rotatable bonds is 12. The van der Waals surface area contributed by atoms with E-state index in [0.717, 1.165) is 31.1 Å². The quantitative estimate of drug-likeness (QED) is 0.218. The molecule has 0 fully saturated rings. The van der Waals surface area contributed by atoms with Crippen LogP contribution in [0.2, 0.25) is 0 Å². The molecule has 8 heteroatoms. The highest BCUT2D eigenvalue weighted by Gasteiger charge is 2.13. The molecule has 7 nitrogen and oxygen atoms in total. The van der Waals surface area contributed by atoms with E-state index in [9.17, 15) is 9.18 Å². The van der Waals surface area contributed by atoms with E-state index in [-0.39, 0.29) is 11.5 Å². The zero-order valence-corrected chi connectivity index (χ0v) is 19.4. The first-order valence-electron chi connectivity index (χ1n) is 11.2. The van der Waals surface area contributed by atoms with E-state index in [1.807, 2.05) is 6.07 Å². The van der Waals surface area contributed by atoms with Crippen LogP contribution in [0.15, 0.2) is 36.7 Å². The van der Waals surface area contributed by atoms with E-state index in [4.69, 9.17) is 20.6 Å². The second-order valence-corrected chi connectivity index (χ2v) is 7.52. The van der Waals surface area contributed by atoms with Gasteiger partial charge in [-0.2, -0.15) is 0 Å². The molecule has 0 radical (unpaired) electrons. The lowest BCUT2D eigenvalue weighted by atomic mass is 10.1. The van der Waals surface area contributed by atoms with Crippen LogP contribution >= 0.6 is 0 Å². The third-order valence-corrected chi connectivity index (χ3v) is 5.14. The minimum absolute atomic E-state index is 0.151. The molecule has 0 saturated carbocycles. The van der Waals surface area contributed by atoms with Crippen molar-refractivity contribution in [3.63, 3.8) is 0 Å². The molecule has 0 saturated heterocycles. The van der Waals surface area contributed by atoms with Gasteiger partial charge in [-0.1, -0.05) is 18.8 Å². The van der Waals surface area contributed by atoms with Crippen molar-refractivity contribution in [2.24, 2.45) is 0 Å². The van der Waals surface area contributed by atoms with Gasteiger partial charge in [0.05, 0.1) is 31.4 Å². The van der Waals surface area contributed by atoms with Gasteiger partial charge in [0.2, 0.25) is 0 Å². The Morgan fingerprint density at radius 3 is 2.71 bits per heavy atom. The van der Waals surface area contributed by atoms with E-state index in [2.05, 4.69) is 21.2 Å². The topological polar surface area (TPSA) is 82.6 Å². The molecule has 0 unspecified atom stereocenters. The number of unbranched alkanes of at least 4 members (excludes halogenated alkanes) is 3. The predicted molar refractivity (Wildman–Crippen MR) is 129 cm³/mol. The fourth-order valence-corrected chi connectivity index (χ4v) is 3.43. The molecule has 0 aliphatic heterocycles. The van der Waals surface area contributed by atoms with Crippen LogP contribution < -0.4 is 14.8 Å². The van der Waals surface area contributed by atoms with E-state index in [1.54, 1.807) is 32.2 Å². The van der Waals surface area contributed by atoms with Crippen molar-refractivity contribution in [3.8, 4) is 23.8 Å². The van der Waals surface area contributed by atoms with E-state index < -0.39 is 5.82 Å². The molecule has 0 bridgehead atoms. The van der Waals surface area contributed by atoms with E-state index >= 15 is 0 Å². The molecule has 3 rings (SSSR count). The number of nitrogens with one attached hydrogen (secondary N) is 1.